The molecule has 1 aromatic heterocycles. The topological polar surface area (TPSA) is 100 Å². The molecule has 0 spiro atoms. The third-order valence-electron chi connectivity index (χ3n) is 5.24. The number of anilines is 1. The van der Waals surface area contributed by atoms with E-state index in [-0.39, 0.29) is 6.61 Å². The van der Waals surface area contributed by atoms with E-state index in [0.29, 0.717) is 39.8 Å². The Hall–Kier alpha value is -3.40. The fourth-order valence-corrected chi connectivity index (χ4v) is 4.36. The predicted molar refractivity (Wildman–Crippen MR) is 125 cm³/mol. The van der Waals surface area contributed by atoms with Crippen LogP contribution in [-0.2, 0) is 16.1 Å². The normalized spacial score (nSPS) is 15.0. The van der Waals surface area contributed by atoms with Crippen LogP contribution in [0.25, 0.3) is 0 Å². The summed E-state index contributed by atoms with van der Waals surface area (Å²) in [5.41, 5.74) is 3.98. The standard InChI is InChI=1S/C23H24BrN5O4/c1-5-32-22(30)19-14(3)25-23-26-27-28-29(23)20(19)16-10-17(24)21(18(11-16)31-4)33-12-15-8-6-7-13(2)9-15/h6-11,20H,5,12H2,1-4H3,(H,25,26,28). The molecule has 0 aliphatic carbocycles. The molecule has 9 nitrogen and oxygen atoms in total. The van der Waals surface area contributed by atoms with E-state index in [0.717, 1.165) is 16.7 Å². The third-order valence-corrected chi connectivity index (χ3v) is 5.83. The number of esters is 1. The Morgan fingerprint density at radius 3 is 2.79 bits per heavy atom. The lowest BCUT2D eigenvalue weighted by molar-refractivity contribution is -0.139. The summed E-state index contributed by atoms with van der Waals surface area (Å²) in [6.45, 7) is 6.24. The van der Waals surface area contributed by atoms with Crippen molar-refractivity contribution in [2.75, 3.05) is 19.0 Å². The molecule has 0 radical (unpaired) electrons. The number of aromatic nitrogens is 4. The summed E-state index contributed by atoms with van der Waals surface area (Å²) in [7, 11) is 1.57. The number of rotatable bonds is 7. The molecule has 10 heteroatoms. The summed E-state index contributed by atoms with van der Waals surface area (Å²) in [6, 6.07) is 11.2. The molecule has 1 aliphatic heterocycles. The molecular weight excluding hydrogens is 490 g/mol. The summed E-state index contributed by atoms with van der Waals surface area (Å²) in [5, 5.41) is 14.9. The molecule has 0 amide bonds. The number of nitrogens with zero attached hydrogens (tertiary/aromatic N) is 4. The molecule has 0 bridgehead atoms. The van der Waals surface area contributed by atoms with Crippen LogP contribution in [0.2, 0.25) is 0 Å². The molecule has 2 heterocycles. The zero-order valence-corrected chi connectivity index (χ0v) is 20.3. The molecule has 33 heavy (non-hydrogen) atoms. The highest BCUT2D eigenvalue weighted by Crippen LogP contribution is 2.42. The highest BCUT2D eigenvalue weighted by Gasteiger charge is 2.35. The van der Waals surface area contributed by atoms with Crippen LogP contribution in [0.4, 0.5) is 5.95 Å². The van der Waals surface area contributed by atoms with Gasteiger partial charge in [0.2, 0.25) is 5.95 Å². The molecule has 1 atom stereocenters. The number of tetrazole rings is 1. The number of ether oxygens (including phenoxy) is 3. The van der Waals surface area contributed by atoms with Crippen LogP contribution in [-0.4, -0.2) is 39.9 Å². The Morgan fingerprint density at radius 2 is 2.06 bits per heavy atom. The lowest BCUT2D eigenvalue weighted by Gasteiger charge is -2.28. The van der Waals surface area contributed by atoms with E-state index in [1.54, 1.807) is 25.6 Å². The highest BCUT2D eigenvalue weighted by molar-refractivity contribution is 9.10. The van der Waals surface area contributed by atoms with Crippen LogP contribution in [0, 0.1) is 6.92 Å². The monoisotopic (exact) mass is 513 g/mol. The molecule has 1 aliphatic rings. The molecule has 1 unspecified atom stereocenters. The maximum Gasteiger partial charge on any atom is 0.338 e. The zero-order valence-electron chi connectivity index (χ0n) is 18.8. The minimum absolute atomic E-state index is 0.254. The van der Waals surface area contributed by atoms with E-state index in [9.17, 15) is 4.79 Å². The molecule has 2 aromatic carbocycles. The van der Waals surface area contributed by atoms with Gasteiger partial charge in [0.05, 0.1) is 23.8 Å². The maximum atomic E-state index is 12.8. The molecule has 0 fully saturated rings. The van der Waals surface area contributed by atoms with Gasteiger partial charge >= 0.3 is 5.97 Å². The first-order valence-electron chi connectivity index (χ1n) is 10.4. The van der Waals surface area contributed by atoms with Crippen LogP contribution in [0.5, 0.6) is 11.5 Å². The van der Waals surface area contributed by atoms with Gasteiger partial charge in [-0.15, -0.1) is 0 Å². The molecular formula is C23H24BrN5O4. The Kier molecular flexibility index (Phi) is 6.64. The van der Waals surface area contributed by atoms with Gasteiger partial charge in [-0.1, -0.05) is 34.9 Å². The SMILES string of the molecule is CCOC(=O)C1=C(C)Nc2nnnn2C1c1cc(Br)c(OCc2cccc(C)c2)c(OC)c1. The Bertz CT molecular complexity index is 1220. The van der Waals surface area contributed by atoms with E-state index in [1.165, 1.54) is 0 Å². The molecule has 0 saturated carbocycles. The zero-order chi connectivity index (χ0) is 23.5. The van der Waals surface area contributed by atoms with Gasteiger partial charge in [0.25, 0.3) is 0 Å². The maximum absolute atomic E-state index is 12.8. The van der Waals surface area contributed by atoms with Crippen LogP contribution >= 0.6 is 15.9 Å². The van der Waals surface area contributed by atoms with Crippen LogP contribution in [0.1, 0.15) is 36.6 Å². The van der Waals surface area contributed by atoms with Gasteiger partial charge in [-0.05, 0) is 70.4 Å². The number of halogens is 1. The Balaban J connectivity index is 1.73. The number of methoxy groups -OCH3 is 1. The Labute approximate surface area is 199 Å². The lowest BCUT2D eigenvalue weighted by atomic mass is 9.95. The average molecular weight is 514 g/mol. The van der Waals surface area contributed by atoms with Crippen molar-refractivity contribution in [1.82, 2.24) is 20.2 Å². The molecule has 0 saturated heterocycles. The van der Waals surface area contributed by atoms with E-state index < -0.39 is 12.0 Å². The Morgan fingerprint density at radius 1 is 1.24 bits per heavy atom. The van der Waals surface area contributed by atoms with E-state index in [2.05, 4.69) is 42.8 Å². The summed E-state index contributed by atoms with van der Waals surface area (Å²) >= 11 is 3.61. The smallest absolute Gasteiger partial charge is 0.338 e. The number of nitrogens with one attached hydrogen (secondary N) is 1. The van der Waals surface area contributed by atoms with E-state index in [4.69, 9.17) is 14.2 Å². The number of fused-ring (bicyclic) bond motifs is 1. The number of carbonyl (C=O) groups is 1. The van der Waals surface area contributed by atoms with Crippen molar-refractivity contribution in [3.63, 3.8) is 0 Å². The quantitative estimate of drug-likeness (QED) is 0.469. The number of carbonyl (C=O) groups excluding carboxylic acids is 1. The van der Waals surface area contributed by atoms with Gasteiger partial charge in [-0.3, -0.25) is 0 Å². The second-order valence-electron chi connectivity index (χ2n) is 7.55. The van der Waals surface area contributed by atoms with Gasteiger partial charge < -0.3 is 19.5 Å². The van der Waals surface area contributed by atoms with E-state index in [1.807, 2.05) is 37.3 Å². The first-order chi connectivity index (χ1) is 15.9. The molecule has 172 valence electrons. The fraction of sp³-hybridized carbons (Fsp3) is 0.304. The van der Waals surface area contributed by atoms with Crippen molar-refractivity contribution in [1.29, 1.82) is 0 Å². The summed E-state index contributed by atoms with van der Waals surface area (Å²) in [5.74, 6) is 1.07. The lowest BCUT2D eigenvalue weighted by Crippen LogP contribution is -2.29. The molecule has 1 N–H and O–H groups in total. The van der Waals surface area contributed by atoms with Crippen molar-refractivity contribution in [3.05, 3.63) is 68.8 Å². The predicted octanol–water partition coefficient (Wildman–Crippen LogP) is 4.18. The largest absolute Gasteiger partial charge is 0.493 e. The summed E-state index contributed by atoms with van der Waals surface area (Å²) < 4.78 is 19.3. The van der Waals surface area contributed by atoms with Crippen LogP contribution in [0.3, 0.4) is 0 Å². The van der Waals surface area contributed by atoms with Gasteiger partial charge in [0.1, 0.15) is 12.6 Å². The fourth-order valence-electron chi connectivity index (χ4n) is 3.79. The van der Waals surface area contributed by atoms with Gasteiger partial charge in [0.15, 0.2) is 11.5 Å². The van der Waals surface area contributed by atoms with Crippen molar-refractivity contribution in [2.24, 2.45) is 0 Å². The van der Waals surface area contributed by atoms with Crippen molar-refractivity contribution in [2.45, 2.75) is 33.4 Å². The second-order valence-corrected chi connectivity index (χ2v) is 8.40. The number of hydrogen-bond acceptors (Lipinski definition) is 8. The average Bonchev–Trinajstić information content (AvgIpc) is 3.25. The minimum Gasteiger partial charge on any atom is -0.493 e. The molecule has 4 rings (SSSR count). The van der Waals surface area contributed by atoms with E-state index >= 15 is 0 Å². The number of hydrogen-bond donors (Lipinski definition) is 1. The summed E-state index contributed by atoms with van der Waals surface area (Å²) in [4.78, 5) is 12.8. The van der Waals surface area contributed by atoms with Crippen molar-refractivity contribution in [3.8, 4) is 11.5 Å². The minimum atomic E-state index is -0.605. The van der Waals surface area contributed by atoms with Gasteiger partial charge in [-0.25, -0.2) is 4.79 Å². The van der Waals surface area contributed by atoms with Crippen molar-refractivity contribution < 1.29 is 19.0 Å². The molecule has 3 aromatic rings. The second kappa shape index (κ2) is 9.62. The first-order valence-corrected chi connectivity index (χ1v) is 11.2. The summed E-state index contributed by atoms with van der Waals surface area (Å²) in [6.07, 6.45) is 0. The third kappa shape index (κ3) is 4.56. The highest BCUT2D eigenvalue weighted by atomic mass is 79.9. The number of benzene rings is 2. The van der Waals surface area contributed by atoms with Crippen LogP contribution < -0.4 is 14.8 Å². The number of allylic oxidation sites excluding steroid dienone is 1. The van der Waals surface area contributed by atoms with Gasteiger partial charge in [0, 0.05) is 5.70 Å². The first kappa shape index (κ1) is 22.8. The van der Waals surface area contributed by atoms with Crippen molar-refractivity contribution >= 4 is 27.8 Å². The van der Waals surface area contributed by atoms with Crippen LogP contribution in [0.15, 0.2) is 52.1 Å². The number of aryl methyl sites for hydroxylation is 1. The van der Waals surface area contributed by atoms with Gasteiger partial charge in [-0.2, -0.15) is 4.68 Å².